The summed E-state index contributed by atoms with van der Waals surface area (Å²) < 4.78 is 0. The minimum Gasteiger partial charge on any atom is -0.103 e. The van der Waals surface area contributed by atoms with Crippen LogP contribution in [0.1, 0.15) is 62.3 Å². The van der Waals surface area contributed by atoms with Crippen molar-refractivity contribution in [3.05, 3.63) is 24.3 Å². The van der Waals surface area contributed by atoms with Gasteiger partial charge in [-0.1, -0.05) is 59.3 Å². The molecule has 0 aliphatic heterocycles. The molecule has 0 heteroatoms. The molecule has 14 heavy (non-hydrogen) atoms. The van der Waals surface area contributed by atoms with Gasteiger partial charge in [-0.3, -0.25) is 0 Å². The molecule has 0 saturated carbocycles. The van der Waals surface area contributed by atoms with E-state index >= 15 is 0 Å². The summed E-state index contributed by atoms with van der Waals surface area (Å²) in [5.74, 6) is 0.727. The van der Waals surface area contributed by atoms with Crippen LogP contribution in [-0.4, -0.2) is 0 Å². The smallest absolute Gasteiger partial charge is 0.0263 e. The summed E-state index contributed by atoms with van der Waals surface area (Å²) in [6, 6.07) is 0. The lowest BCUT2D eigenvalue weighted by Gasteiger charge is -2.00. The molecule has 0 heterocycles. The third kappa shape index (κ3) is 42.0. The van der Waals surface area contributed by atoms with Gasteiger partial charge in [0.1, 0.15) is 0 Å². The van der Waals surface area contributed by atoms with Crippen LogP contribution in [0.15, 0.2) is 24.3 Å². The van der Waals surface area contributed by atoms with Crippen LogP contribution in [0, 0.1) is 5.92 Å². The monoisotopic (exact) mass is 200 g/mol. The SMILES string of the molecule is C/C=C(\C)C(C)C.C=CC.CC.CC. The van der Waals surface area contributed by atoms with Crippen molar-refractivity contribution in [1.29, 1.82) is 0 Å². The maximum atomic E-state index is 3.36. The van der Waals surface area contributed by atoms with Gasteiger partial charge >= 0.3 is 0 Å². The van der Waals surface area contributed by atoms with Crippen LogP contribution in [0.4, 0.5) is 0 Å². The van der Waals surface area contributed by atoms with Crippen LogP contribution in [-0.2, 0) is 0 Å². The third-order valence-electron chi connectivity index (χ3n) is 1.37. The van der Waals surface area contributed by atoms with Gasteiger partial charge in [-0.25, -0.2) is 0 Å². The average Bonchev–Trinajstić information content (AvgIpc) is 2.23. The van der Waals surface area contributed by atoms with Gasteiger partial charge in [0.25, 0.3) is 0 Å². The molecule has 0 aliphatic rings. The summed E-state index contributed by atoms with van der Waals surface area (Å²) in [6.45, 7) is 21.9. The molecule has 0 unspecified atom stereocenters. The second-order valence-corrected chi connectivity index (χ2v) is 2.60. The van der Waals surface area contributed by atoms with Gasteiger partial charge < -0.3 is 0 Å². The zero-order valence-corrected chi connectivity index (χ0v) is 11.9. The van der Waals surface area contributed by atoms with E-state index in [-0.39, 0.29) is 0 Å². The maximum Gasteiger partial charge on any atom is -0.0263 e. The minimum absolute atomic E-state index is 0.727. The normalized spacial score (nSPS) is 8.29. The van der Waals surface area contributed by atoms with Crippen LogP contribution >= 0.6 is 0 Å². The van der Waals surface area contributed by atoms with Crippen LogP contribution in [0.25, 0.3) is 0 Å². The lowest BCUT2D eigenvalue weighted by atomic mass is 10.1. The standard InChI is InChI=1S/C7H14.C3H6.2C2H6/c1-5-7(4)6(2)3;1-3-2;2*1-2/h5-6H,1-4H3;3H,1H2,2H3;2*1-2H3/b7-5+;;;. The molecule has 0 aromatic heterocycles. The molecule has 0 amide bonds. The summed E-state index contributed by atoms with van der Waals surface area (Å²) >= 11 is 0. The second kappa shape index (κ2) is 29.4. The van der Waals surface area contributed by atoms with Gasteiger partial charge in [-0.05, 0) is 26.7 Å². The van der Waals surface area contributed by atoms with Crippen molar-refractivity contribution >= 4 is 0 Å². The van der Waals surface area contributed by atoms with E-state index < -0.39 is 0 Å². The Bertz CT molecular complexity index is 96.6. The third-order valence-corrected chi connectivity index (χ3v) is 1.37. The van der Waals surface area contributed by atoms with E-state index in [1.54, 1.807) is 6.08 Å². The molecule has 0 bridgehead atoms. The van der Waals surface area contributed by atoms with Crippen molar-refractivity contribution < 1.29 is 0 Å². The molecule has 0 fully saturated rings. The first-order valence-electron chi connectivity index (χ1n) is 5.79. The van der Waals surface area contributed by atoms with Gasteiger partial charge in [0.2, 0.25) is 0 Å². The fourth-order valence-corrected chi connectivity index (χ4v) is 0.333. The molecule has 0 rings (SSSR count). The Labute approximate surface area is 93.1 Å². The van der Waals surface area contributed by atoms with Crippen molar-refractivity contribution in [3.8, 4) is 0 Å². The van der Waals surface area contributed by atoms with Crippen molar-refractivity contribution in [2.24, 2.45) is 5.92 Å². The molecular formula is C14H32. The molecule has 0 aromatic rings. The number of rotatable bonds is 1. The lowest BCUT2D eigenvalue weighted by molar-refractivity contribution is 0.767. The number of hydrogen-bond donors (Lipinski definition) is 0. The lowest BCUT2D eigenvalue weighted by Crippen LogP contribution is -1.85. The molecular weight excluding hydrogens is 168 g/mol. The Balaban J connectivity index is -0.0000000603. The highest BCUT2D eigenvalue weighted by atomic mass is 14.0. The number of allylic oxidation sites excluding steroid dienone is 3. The summed E-state index contributed by atoms with van der Waals surface area (Å²) in [6.07, 6.45) is 3.91. The first-order chi connectivity index (χ1) is 6.59. The first-order valence-corrected chi connectivity index (χ1v) is 5.79. The average molecular weight is 200 g/mol. The Morgan fingerprint density at radius 1 is 1.00 bits per heavy atom. The molecule has 0 saturated heterocycles. The van der Waals surface area contributed by atoms with Crippen LogP contribution in [0.3, 0.4) is 0 Å². The largest absolute Gasteiger partial charge is 0.103 e. The van der Waals surface area contributed by atoms with E-state index in [4.69, 9.17) is 0 Å². The fourth-order valence-electron chi connectivity index (χ4n) is 0.333. The first kappa shape index (κ1) is 23.4. The van der Waals surface area contributed by atoms with Gasteiger partial charge in [0.05, 0.1) is 0 Å². The predicted molar refractivity (Wildman–Crippen MR) is 72.8 cm³/mol. The Hall–Kier alpha value is -0.520. The van der Waals surface area contributed by atoms with Crippen molar-refractivity contribution in [2.75, 3.05) is 0 Å². The van der Waals surface area contributed by atoms with Crippen LogP contribution in [0.2, 0.25) is 0 Å². The zero-order valence-electron chi connectivity index (χ0n) is 11.9. The molecule has 0 nitrogen and oxygen atoms in total. The minimum atomic E-state index is 0.727. The molecule has 0 radical (unpaired) electrons. The van der Waals surface area contributed by atoms with Crippen LogP contribution in [0.5, 0.6) is 0 Å². The highest BCUT2D eigenvalue weighted by molar-refractivity contribution is 4.97. The van der Waals surface area contributed by atoms with E-state index in [0.717, 1.165) is 5.92 Å². The van der Waals surface area contributed by atoms with Crippen molar-refractivity contribution in [3.63, 3.8) is 0 Å². The highest BCUT2D eigenvalue weighted by Crippen LogP contribution is 2.05. The summed E-state index contributed by atoms with van der Waals surface area (Å²) in [5, 5.41) is 0. The van der Waals surface area contributed by atoms with Crippen molar-refractivity contribution in [2.45, 2.75) is 62.3 Å². The quantitative estimate of drug-likeness (QED) is 0.465. The van der Waals surface area contributed by atoms with E-state index in [0.29, 0.717) is 0 Å². The van der Waals surface area contributed by atoms with E-state index in [1.807, 2.05) is 34.6 Å². The van der Waals surface area contributed by atoms with E-state index in [9.17, 15) is 0 Å². The topological polar surface area (TPSA) is 0 Å². The molecule has 0 spiro atoms. The maximum absolute atomic E-state index is 3.36. The fraction of sp³-hybridized carbons (Fsp3) is 0.714. The molecule has 0 N–H and O–H groups in total. The van der Waals surface area contributed by atoms with Gasteiger partial charge in [-0.15, -0.1) is 6.58 Å². The van der Waals surface area contributed by atoms with Gasteiger partial charge in [0.15, 0.2) is 0 Å². The predicted octanol–water partition coefficient (Wildman–Crippen LogP) is 5.85. The van der Waals surface area contributed by atoms with Gasteiger partial charge in [0, 0.05) is 0 Å². The second-order valence-electron chi connectivity index (χ2n) is 2.60. The number of hydrogen-bond acceptors (Lipinski definition) is 0. The van der Waals surface area contributed by atoms with E-state index in [1.165, 1.54) is 5.57 Å². The zero-order chi connectivity index (χ0) is 12.6. The Morgan fingerprint density at radius 3 is 1.21 bits per heavy atom. The molecule has 0 aliphatic carbocycles. The van der Waals surface area contributed by atoms with Crippen molar-refractivity contribution in [1.82, 2.24) is 0 Å². The Kier molecular flexibility index (Phi) is 49.1. The Morgan fingerprint density at radius 2 is 1.21 bits per heavy atom. The summed E-state index contributed by atoms with van der Waals surface area (Å²) in [4.78, 5) is 0. The molecule has 0 aromatic carbocycles. The van der Waals surface area contributed by atoms with E-state index in [2.05, 4.69) is 40.3 Å². The summed E-state index contributed by atoms with van der Waals surface area (Å²) in [7, 11) is 0. The van der Waals surface area contributed by atoms with Crippen LogP contribution < -0.4 is 0 Å². The summed E-state index contributed by atoms with van der Waals surface area (Å²) in [5.41, 5.74) is 1.47. The van der Waals surface area contributed by atoms with Gasteiger partial charge in [-0.2, -0.15) is 0 Å². The molecule has 88 valence electrons. The molecule has 0 atom stereocenters. The highest BCUT2D eigenvalue weighted by Gasteiger charge is 1.90.